The van der Waals surface area contributed by atoms with Crippen molar-refractivity contribution in [3.05, 3.63) is 33.3 Å². The van der Waals surface area contributed by atoms with E-state index in [1.54, 1.807) is 11.3 Å². The van der Waals surface area contributed by atoms with Gasteiger partial charge in [0.15, 0.2) is 0 Å². The Labute approximate surface area is 158 Å². The van der Waals surface area contributed by atoms with Gasteiger partial charge in [-0.15, -0.1) is 11.3 Å². The highest BCUT2D eigenvalue weighted by atomic mass is 32.1. The van der Waals surface area contributed by atoms with Gasteiger partial charge in [0, 0.05) is 42.7 Å². The summed E-state index contributed by atoms with van der Waals surface area (Å²) in [4.78, 5) is 24.2. The van der Waals surface area contributed by atoms with Gasteiger partial charge in [0.2, 0.25) is 0 Å². The lowest BCUT2D eigenvalue weighted by Crippen LogP contribution is -2.44. The predicted octanol–water partition coefficient (Wildman–Crippen LogP) is 3.53. The maximum absolute atomic E-state index is 12.9. The van der Waals surface area contributed by atoms with Gasteiger partial charge in [0.05, 0.1) is 18.3 Å². The number of urea groups is 1. The SMILES string of the molecule is Cc1csc(C(NC(=O)N2CCc3c(nc(C(C)C)n3C)C2)C2CC2)n1. The van der Waals surface area contributed by atoms with Crippen molar-refractivity contribution in [2.45, 2.75) is 58.5 Å². The molecule has 0 aromatic carbocycles. The molecule has 0 bridgehead atoms. The molecule has 1 fully saturated rings. The molecule has 2 amide bonds. The Hall–Kier alpha value is -1.89. The van der Waals surface area contributed by atoms with E-state index in [4.69, 9.17) is 4.98 Å². The lowest BCUT2D eigenvalue weighted by molar-refractivity contribution is 0.185. The number of nitrogens with one attached hydrogen (secondary N) is 1. The molecule has 7 heteroatoms. The largest absolute Gasteiger partial charge is 0.334 e. The molecule has 1 N–H and O–H groups in total. The number of rotatable bonds is 4. The van der Waals surface area contributed by atoms with E-state index < -0.39 is 0 Å². The minimum absolute atomic E-state index is 0.0113. The van der Waals surface area contributed by atoms with E-state index in [9.17, 15) is 4.79 Å². The highest BCUT2D eigenvalue weighted by molar-refractivity contribution is 7.09. The topological polar surface area (TPSA) is 63.1 Å². The highest BCUT2D eigenvalue weighted by Gasteiger charge is 2.36. The van der Waals surface area contributed by atoms with E-state index in [0.29, 0.717) is 18.4 Å². The maximum Gasteiger partial charge on any atom is 0.318 e. The Morgan fingerprint density at radius 2 is 2.12 bits per heavy atom. The van der Waals surface area contributed by atoms with Gasteiger partial charge in [-0.1, -0.05) is 13.8 Å². The molecule has 3 heterocycles. The first-order valence-electron chi connectivity index (χ1n) is 9.46. The van der Waals surface area contributed by atoms with Crippen LogP contribution in [0.1, 0.15) is 66.6 Å². The number of aromatic nitrogens is 3. The summed E-state index contributed by atoms with van der Waals surface area (Å²) in [7, 11) is 2.09. The van der Waals surface area contributed by atoms with Gasteiger partial charge in [-0.25, -0.2) is 14.8 Å². The fraction of sp³-hybridized carbons (Fsp3) is 0.632. The second-order valence-corrected chi connectivity index (χ2v) is 8.73. The fourth-order valence-corrected chi connectivity index (χ4v) is 4.73. The van der Waals surface area contributed by atoms with Crippen LogP contribution in [0.5, 0.6) is 0 Å². The Kier molecular flexibility index (Phi) is 4.50. The third-order valence-electron chi connectivity index (χ3n) is 5.37. The van der Waals surface area contributed by atoms with E-state index in [2.05, 4.69) is 41.1 Å². The molecule has 140 valence electrons. The zero-order valence-corrected chi connectivity index (χ0v) is 16.8. The van der Waals surface area contributed by atoms with Gasteiger partial charge >= 0.3 is 6.03 Å². The van der Waals surface area contributed by atoms with Crippen molar-refractivity contribution >= 4 is 17.4 Å². The van der Waals surface area contributed by atoms with Crippen LogP contribution in [0.2, 0.25) is 0 Å². The summed E-state index contributed by atoms with van der Waals surface area (Å²) in [5.74, 6) is 2.03. The molecular weight excluding hydrogens is 346 g/mol. The molecule has 2 aromatic heterocycles. The number of carbonyl (C=O) groups is 1. The molecule has 1 atom stereocenters. The Morgan fingerprint density at radius 3 is 2.73 bits per heavy atom. The van der Waals surface area contributed by atoms with Gasteiger partial charge in [-0.2, -0.15) is 0 Å². The molecule has 1 unspecified atom stereocenters. The molecule has 0 radical (unpaired) electrons. The second-order valence-electron chi connectivity index (χ2n) is 7.84. The number of nitrogens with zero attached hydrogens (tertiary/aromatic N) is 4. The van der Waals surface area contributed by atoms with Crippen LogP contribution in [-0.4, -0.2) is 32.0 Å². The first kappa shape index (κ1) is 17.5. The molecule has 1 saturated carbocycles. The average Bonchev–Trinajstić information content (AvgIpc) is 3.28. The van der Waals surface area contributed by atoms with Crippen LogP contribution in [0.15, 0.2) is 5.38 Å². The van der Waals surface area contributed by atoms with Crippen molar-refractivity contribution in [3.8, 4) is 0 Å². The highest BCUT2D eigenvalue weighted by Crippen LogP contribution is 2.42. The molecule has 26 heavy (non-hydrogen) atoms. The molecule has 2 aliphatic rings. The molecule has 1 aliphatic carbocycles. The average molecular weight is 374 g/mol. The molecule has 6 nitrogen and oxygen atoms in total. The molecule has 1 aliphatic heterocycles. The van der Waals surface area contributed by atoms with Crippen LogP contribution < -0.4 is 5.32 Å². The smallest absolute Gasteiger partial charge is 0.318 e. The first-order valence-corrected chi connectivity index (χ1v) is 10.3. The third-order valence-corrected chi connectivity index (χ3v) is 6.41. The van der Waals surface area contributed by atoms with E-state index >= 15 is 0 Å². The lowest BCUT2D eigenvalue weighted by atomic mass is 10.1. The Morgan fingerprint density at radius 1 is 1.35 bits per heavy atom. The summed E-state index contributed by atoms with van der Waals surface area (Å²) in [6, 6.07) is 0.0645. The zero-order valence-electron chi connectivity index (χ0n) is 16.0. The minimum Gasteiger partial charge on any atom is -0.334 e. The monoisotopic (exact) mass is 373 g/mol. The fourth-order valence-electron chi connectivity index (χ4n) is 3.79. The van der Waals surface area contributed by atoms with Crippen LogP contribution >= 0.6 is 11.3 Å². The number of aryl methyl sites for hydroxylation is 1. The van der Waals surface area contributed by atoms with Gasteiger partial charge in [-0.3, -0.25) is 0 Å². The molecule has 0 saturated heterocycles. The predicted molar refractivity (Wildman–Crippen MR) is 102 cm³/mol. The number of thiazole rings is 1. The number of imidazole rings is 1. The van der Waals surface area contributed by atoms with Crippen molar-refractivity contribution < 1.29 is 4.79 Å². The Bertz CT molecular complexity index is 820. The van der Waals surface area contributed by atoms with E-state index in [0.717, 1.165) is 35.2 Å². The second kappa shape index (κ2) is 6.68. The molecule has 2 aromatic rings. The first-order chi connectivity index (χ1) is 12.4. The molecule has 0 spiro atoms. The van der Waals surface area contributed by atoms with Crippen molar-refractivity contribution in [2.24, 2.45) is 13.0 Å². The van der Waals surface area contributed by atoms with Crippen molar-refractivity contribution in [2.75, 3.05) is 6.54 Å². The zero-order chi connectivity index (χ0) is 18.4. The van der Waals surface area contributed by atoms with Crippen LogP contribution in [0.3, 0.4) is 0 Å². The van der Waals surface area contributed by atoms with Crippen molar-refractivity contribution in [3.63, 3.8) is 0 Å². The van der Waals surface area contributed by atoms with Gasteiger partial charge in [0.1, 0.15) is 10.8 Å². The van der Waals surface area contributed by atoms with E-state index in [-0.39, 0.29) is 12.1 Å². The number of amides is 2. The lowest BCUT2D eigenvalue weighted by Gasteiger charge is -2.29. The Balaban J connectivity index is 1.48. The number of fused-ring (bicyclic) bond motifs is 1. The van der Waals surface area contributed by atoms with Crippen molar-refractivity contribution in [1.82, 2.24) is 24.8 Å². The van der Waals surface area contributed by atoms with E-state index in [1.165, 1.54) is 18.5 Å². The minimum atomic E-state index is 0.0113. The van der Waals surface area contributed by atoms with Gasteiger partial charge in [-0.05, 0) is 25.7 Å². The standard InChI is InChI=1S/C19H27N5OS/c1-11(2)17-21-14-9-24(8-7-15(14)23(17)4)19(25)22-16(13-5-6-13)18-20-12(3)10-26-18/h10-11,13,16H,5-9H2,1-4H3,(H,22,25). The number of carbonyl (C=O) groups excluding carboxylic acids is 1. The number of hydrogen-bond acceptors (Lipinski definition) is 4. The van der Waals surface area contributed by atoms with Crippen molar-refractivity contribution in [1.29, 1.82) is 0 Å². The number of hydrogen-bond donors (Lipinski definition) is 1. The summed E-state index contributed by atoms with van der Waals surface area (Å²) in [5.41, 5.74) is 3.35. The summed E-state index contributed by atoms with van der Waals surface area (Å²) in [6.45, 7) is 7.66. The van der Waals surface area contributed by atoms with Crippen LogP contribution in [-0.2, 0) is 20.0 Å². The maximum atomic E-state index is 12.9. The van der Waals surface area contributed by atoms with Gasteiger partial charge < -0.3 is 14.8 Å². The summed E-state index contributed by atoms with van der Waals surface area (Å²) >= 11 is 1.65. The summed E-state index contributed by atoms with van der Waals surface area (Å²) < 4.78 is 2.21. The van der Waals surface area contributed by atoms with Crippen LogP contribution in [0.25, 0.3) is 0 Å². The normalized spacial score (nSPS) is 18.1. The summed E-state index contributed by atoms with van der Waals surface area (Å²) in [6.07, 6.45) is 3.21. The third kappa shape index (κ3) is 3.24. The van der Waals surface area contributed by atoms with Crippen LogP contribution in [0.4, 0.5) is 4.79 Å². The molecular formula is C19H27N5OS. The molecule has 4 rings (SSSR count). The van der Waals surface area contributed by atoms with E-state index in [1.807, 2.05) is 11.8 Å². The van der Waals surface area contributed by atoms with Gasteiger partial charge in [0.25, 0.3) is 0 Å². The van der Waals surface area contributed by atoms with Crippen LogP contribution in [0, 0.1) is 12.8 Å². The quantitative estimate of drug-likeness (QED) is 0.892. The summed E-state index contributed by atoms with van der Waals surface area (Å²) in [5, 5.41) is 6.35.